The third-order valence-electron chi connectivity index (χ3n) is 2.95. The maximum Gasteiger partial charge on any atom is 0.232 e. The molecule has 0 saturated heterocycles. The average molecular weight is 270 g/mol. The van der Waals surface area contributed by atoms with Gasteiger partial charge in [0.05, 0.1) is 11.4 Å². The van der Waals surface area contributed by atoms with Crippen LogP contribution in [0.4, 0.5) is 5.69 Å². The zero-order valence-electron chi connectivity index (χ0n) is 11.3. The zero-order chi connectivity index (χ0) is 13.6. The van der Waals surface area contributed by atoms with E-state index in [1.807, 2.05) is 24.3 Å². The zero-order valence-corrected chi connectivity index (χ0v) is 12.1. The Bertz CT molecular complexity index is 468. The smallest absolute Gasteiger partial charge is 0.232 e. The minimum Gasteiger partial charge on any atom is -0.300 e. The monoisotopic (exact) mass is 270 g/mol. The number of benzene rings is 1. The van der Waals surface area contributed by atoms with Crippen molar-refractivity contribution in [1.82, 2.24) is 4.90 Å². The van der Waals surface area contributed by atoms with Crippen LogP contribution in [0.5, 0.6) is 0 Å². The maximum atomic E-state index is 11.6. The predicted molar refractivity (Wildman–Crippen MR) is 76.2 cm³/mol. The first-order valence-corrected chi connectivity index (χ1v) is 7.98. The summed E-state index contributed by atoms with van der Waals surface area (Å²) < 4.78 is 25.9. The number of hydrogen-bond donors (Lipinski definition) is 1. The van der Waals surface area contributed by atoms with Crippen molar-refractivity contribution in [2.75, 3.05) is 23.6 Å². The summed E-state index contributed by atoms with van der Waals surface area (Å²) in [6.07, 6.45) is 0. The van der Waals surface area contributed by atoms with E-state index in [0.29, 0.717) is 5.69 Å². The minimum atomic E-state index is -3.21. The summed E-state index contributed by atoms with van der Waals surface area (Å²) in [6, 6.07) is 7.56. The highest BCUT2D eigenvalue weighted by atomic mass is 32.2. The fourth-order valence-corrected chi connectivity index (χ4v) is 2.36. The van der Waals surface area contributed by atoms with E-state index in [1.165, 1.54) is 0 Å². The minimum absolute atomic E-state index is 0.0899. The molecule has 0 radical (unpaired) electrons. The first kappa shape index (κ1) is 15.0. The Kier molecular flexibility index (Phi) is 5.62. The van der Waals surface area contributed by atoms with Crippen molar-refractivity contribution in [2.45, 2.75) is 27.3 Å². The van der Waals surface area contributed by atoms with Gasteiger partial charge in [-0.1, -0.05) is 32.0 Å². The van der Waals surface area contributed by atoms with Crippen molar-refractivity contribution in [3.8, 4) is 0 Å². The fraction of sp³-hybridized carbons (Fsp3) is 0.538. The third-order valence-corrected chi connectivity index (χ3v) is 4.24. The van der Waals surface area contributed by atoms with Gasteiger partial charge < -0.3 is 0 Å². The molecule has 1 aromatic rings. The molecule has 0 aromatic heterocycles. The molecule has 0 fully saturated rings. The molecule has 0 bridgehead atoms. The van der Waals surface area contributed by atoms with E-state index in [9.17, 15) is 8.42 Å². The van der Waals surface area contributed by atoms with Crippen LogP contribution in [0.2, 0.25) is 0 Å². The molecule has 0 aliphatic heterocycles. The van der Waals surface area contributed by atoms with Gasteiger partial charge in [-0.15, -0.1) is 0 Å². The van der Waals surface area contributed by atoms with Gasteiger partial charge in [0, 0.05) is 6.54 Å². The van der Waals surface area contributed by atoms with Gasteiger partial charge in [-0.3, -0.25) is 9.62 Å². The summed E-state index contributed by atoms with van der Waals surface area (Å²) in [5, 5.41) is 0. The fourth-order valence-electron chi connectivity index (χ4n) is 1.69. The number of rotatable bonds is 7. The van der Waals surface area contributed by atoms with Gasteiger partial charge in [0.1, 0.15) is 0 Å². The van der Waals surface area contributed by atoms with Crippen molar-refractivity contribution >= 4 is 15.7 Å². The van der Waals surface area contributed by atoms with Crippen LogP contribution in [-0.2, 0) is 16.6 Å². The van der Waals surface area contributed by atoms with E-state index in [1.54, 1.807) is 6.92 Å². The lowest BCUT2D eigenvalue weighted by molar-refractivity contribution is 0.296. The Morgan fingerprint density at radius 3 is 2.28 bits per heavy atom. The van der Waals surface area contributed by atoms with Crippen LogP contribution in [-0.4, -0.2) is 32.2 Å². The predicted octanol–water partition coefficient (Wildman–Crippen LogP) is 2.29. The van der Waals surface area contributed by atoms with E-state index in [-0.39, 0.29) is 5.75 Å². The van der Waals surface area contributed by atoms with Gasteiger partial charge in [0.15, 0.2) is 0 Å². The number of nitrogens with one attached hydrogen (secondary N) is 1. The van der Waals surface area contributed by atoms with E-state index in [2.05, 4.69) is 23.5 Å². The molecule has 0 heterocycles. The molecular formula is C13H22N2O2S. The SMILES string of the molecule is CCN(CC)Cc1ccccc1NS(=O)(=O)CC. The van der Waals surface area contributed by atoms with Crippen molar-refractivity contribution in [3.63, 3.8) is 0 Å². The largest absolute Gasteiger partial charge is 0.300 e. The molecular weight excluding hydrogens is 248 g/mol. The van der Waals surface area contributed by atoms with Gasteiger partial charge in [-0.25, -0.2) is 8.42 Å². The van der Waals surface area contributed by atoms with Crippen LogP contribution in [0, 0.1) is 0 Å². The second-order valence-corrected chi connectivity index (χ2v) is 6.13. The highest BCUT2D eigenvalue weighted by molar-refractivity contribution is 7.92. The lowest BCUT2D eigenvalue weighted by Gasteiger charge is -2.20. The normalized spacial score (nSPS) is 11.8. The van der Waals surface area contributed by atoms with Crippen molar-refractivity contribution in [1.29, 1.82) is 0 Å². The lowest BCUT2D eigenvalue weighted by atomic mass is 10.1. The van der Waals surface area contributed by atoms with Crippen LogP contribution in [0.25, 0.3) is 0 Å². The summed E-state index contributed by atoms with van der Waals surface area (Å²) in [5.41, 5.74) is 1.70. The van der Waals surface area contributed by atoms with Crippen molar-refractivity contribution < 1.29 is 8.42 Å². The molecule has 0 amide bonds. The Hall–Kier alpha value is -1.07. The number of anilines is 1. The van der Waals surface area contributed by atoms with E-state index in [4.69, 9.17) is 0 Å². The van der Waals surface area contributed by atoms with Crippen LogP contribution in [0.15, 0.2) is 24.3 Å². The Morgan fingerprint density at radius 1 is 1.11 bits per heavy atom. The summed E-state index contributed by atoms with van der Waals surface area (Å²) in [5.74, 6) is 0.0899. The van der Waals surface area contributed by atoms with Crippen LogP contribution in [0.1, 0.15) is 26.3 Å². The molecule has 102 valence electrons. The summed E-state index contributed by atoms with van der Waals surface area (Å²) in [4.78, 5) is 2.25. The second-order valence-electron chi connectivity index (χ2n) is 4.12. The highest BCUT2D eigenvalue weighted by Crippen LogP contribution is 2.18. The number of nitrogens with zero attached hydrogens (tertiary/aromatic N) is 1. The Balaban J connectivity index is 2.92. The standard InChI is InChI=1S/C13H22N2O2S/c1-4-15(5-2)11-12-9-7-8-10-13(12)14-18(16,17)6-3/h7-10,14H,4-6,11H2,1-3H3. The summed E-state index contributed by atoms with van der Waals surface area (Å²) in [6.45, 7) is 8.49. The molecule has 4 nitrogen and oxygen atoms in total. The van der Waals surface area contributed by atoms with E-state index < -0.39 is 10.0 Å². The lowest BCUT2D eigenvalue weighted by Crippen LogP contribution is -2.23. The quantitative estimate of drug-likeness (QED) is 0.827. The number of para-hydroxylation sites is 1. The van der Waals surface area contributed by atoms with E-state index in [0.717, 1.165) is 25.2 Å². The topological polar surface area (TPSA) is 49.4 Å². The second kappa shape index (κ2) is 6.75. The van der Waals surface area contributed by atoms with Gasteiger partial charge in [-0.2, -0.15) is 0 Å². The summed E-state index contributed by atoms with van der Waals surface area (Å²) in [7, 11) is -3.21. The van der Waals surface area contributed by atoms with E-state index >= 15 is 0 Å². The van der Waals surface area contributed by atoms with Gasteiger partial charge in [-0.05, 0) is 31.6 Å². The summed E-state index contributed by atoms with van der Waals surface area (Å²) >= 11 is 0. The molecule has 0 spiro atoms. The van der Waals surface area contributed by atoms with Gasteiger partial charge in [0.25, 0.3) is 0 Å². The van der Waals surface area contributed by atoms with Crippen LogP contribution in [0.3, 0.4) is 0 Å². The number of sulfonamides is 1. The molecule has 0 saturated carbocycles. The molecule has 0 unspecified atom stereocenters. The van der Waals surface area contributed by atoms with Crippen molar-refractivity contribution in [2.24, 2.45) is 0 Å². The molecule has 0 aliphatic carbocycles. The first-order chi connectivity index (χ1) is 8.52. The number of hydrogen-bond acceptors (Lipinski definition) is 3. The molecule has 0 aliphatic rings. The van der Waals surface area contributed by atoms with Crippen molar-refractivity contribution in [3.05, 3.63) is 29.8 Å². The molecule has 5 heteroatoms. The molecule has 18 heavy (non-hydrogen) atoms. The van der Waals surface area contributed by atoms with Gasteiger partial charge >= 0.3 is 0 Å². The molecule has 0 atom stereocenters. The molecule has 1 aromatic carbocycles. The maximum absolute atomic E-state index is 11.6. The van der Waals surface area contributed by atoms with Gasteiger partial charge in [0.2, 0.25) is 10.0 Å². The van der Waals surface area contributed by atoms with Crippen LogP contribution < -0.4 is 4.72 Å². The average Bonchev–Trinajstić information content (AvgIpc) is 2.37. The Morgan fingerprint density at radius 2 is 1.72 bits per heavy atom. The third kappa shape index (κ3) is 4.31. The first-order valence-electron chi connectivity index (χ1n) is 6.33. The highest BCUT2D eigenvalue weighted by Gasteiger charge is 2.11. The molecule has 1 rings (SSSR count). The Labute approximate surface area is 110 Å². The molecule has 1 N–H and O–H groups in total. The van der Waals surface area contributed by atoms with Crippen LogP contribution >= 0.6 is 0 Å².